The van der Waals surface area contributed by atoms with Gasteiger partial charge in [-0.15, -0.1) is 0 Å². The molecule has 3 nitrogen and oxygen atoms in total. The van der Waals surface area contributed by atoms with Gasteiger partial charge in [-0.3, -0.25) is 4.79 Å². The molecule has 0 unspecified atom stereocenters. The number of aldehydes is 1. The van der Waals surface area contributed by atoms with Crippen LogP contribution in [0.2, 0.25) is 0 Å². The molecule has 0 aliphatic rings. The fourth-order valence-electron chi connectivity index (χ4n) is 2.86. The molecule has 0 saturated heterocycles. The largest absolute Gasteiger partial charge is 0.356 e. The Labute approximate surface area is 156 Å². The third-order valence-electron chi connectivity index (χ3n) is 4.49. The molecule has 0 heterocycles. The maximum Gasteiger partial charge on any atom is 0.219 e. The molecule has 0 spiro atoms. The minimum absolute atomic E-state index is 0.128. The van der Waals surface area contributed by atoms with E-state index in [1.807, 2.05) is 0 Å². The molecule has 0 aliphatic carbocycles. The molecule has 1 amide bonds. The Morgan fingerprint density at radius 3 is 1.88 bits per heavy atom. The fraction of sp³-hybridized carbons (Fsp3) is 0.818. The molecule has 0 aromatic carbocycles. The molecule has 3 heteroatoms. The summed E-state index contributed by atoms with van der Waals surface area (Å²) in [5, 5.41) is 2.86. The maximum atomic E-state index is 11.5. The highest BCUT2D eigenvalue weighted by atomic mass is 16.1. The van der Waals surface area contributed by atoms with E-state index in [2.05, 4.69) is 24.4 Å². The van der Waals surface area contributed by atoms with E-state index < -0.39 is 0 Å². The van der Waals surface area contributed by atoms with Crippen LogP contribution < -0.4 is 5.32 Å². The zero-order valence-electron chi connectivity index (χ0n) is 16.6. The number of nitrogens with one attached hydrogen (secondary N) is 1. The summed E-state index contributed by atoms with van der Waals surface area (Å²) < 4.78 is 0. The van der Waals surface area contributed by atoms with Gasteiger partial charge in [0.05, 0.1) is 0 Å². The quantitative estimate of drug-likeness (QED) is 0.173. The molecule has 0 radical (unpaired) electrons. The van der Waals surface area contributed by atoms with Crippen molar-refractivity contribution in [1.29, 1.82) is 0 Å². The highest BCUT2D eigenvalue weighted by Gasteiger charge is 1.99. The molecular weight excluding hydrogens is 310 g/mol. The van der Waals surface area contributed by atoms with Gasteiger partial charge in [-0.2, -0.15) is 0 Å². The second kappa shape index (κ2) is 20.9. The minimum atomic E-state index is 0.128. The fourth-order valence-corrected chi connectivity index (χ4v) is 2.86. The van der Waals surface area contributed by atoms with Crippen LogP contribution in [0.1, 0.15) is 110 Å². The Hall–Kier alpha value is -1.12. The average Bonchev–Trinajstić information content (AvgIpc) is 2.62. The zero-order valence-corrected chi connectivity index (χ0v) is 16.6. The summed E-state index contributed by atoms with van der Waals surface area (Å²) in [5.41, 5.74) is 0. The van der Waals surface area contributed by atoms with Gasteiger partial charge in [0.15, 0.2) is 0 Å². The van der Waals surface area contributed by atoms with Crippen molar-refractivity contribution in [2.75, 3.05) is 6.54 Å². The number of allylic oxidation sites excluding steroid dienone is 2. The number of carbonyl (C=O) groups is 2. The number of hydrogen-bond donors (Lipinski definition) is 1. The summed E-state index contributed by atoms with van der Waals surface area (Å²) in [4.78, 5) is 21.7. The molecule has 0 fully saturated rings. The van der Waals surface area contributed by atoms with Gasteiger partial charge < -0.3 is 10.1 Å². The summed E-state index contributed by atoms with van der Waals surface area (Å²) in [6.07, 6.45) is 24.1. The first-order chi connectivity index (χ1) is 12.3. The Morgan fingerprint density at radius 1 is 0.720 bits per heavy atom. The molecule has 25 heavy (non-hydrogen) atoms. The smallest absolute Gasteiger partial charge is 0.219 e. The van der Waals surface area contributed by atoms with Crippen LogP contribution in [0.3, 0.4) is 0 Å². The summed E-state index contributed by atoms with van der Waals surface area (Å²) in [5.74, 6) is 0.128. The Balaban J connectivity index is 3.18. The third kappa shape index (κ3) is 20.8. The van der Waals surface area contributed by atoms with Crippen LogP contribution in [0.25, 0.3) is 0 Å². The van der Waals surface area contributed by atoms with E-state index >= 15 is 0 Å². The van der Waals surface area contributed by atoms with Gasteiger partial charge in [0, 0.05) is 19.4 Å². The molecule has 0 aliphatic heterocycles. The number of amides is 1. The summed E-state index contributed by atoms with van der Waals surface area (Å²) in [7, 11) is 0. The first-order valence-electron chi connectivity index (χ1n) is 10.7. The van der Waals surface area contributed by atoms with Crippen molar-refractivity contribution in [3.05, 3.63) is 12.2 Å². The van der Waals surface area contributed by atoms with E-state index in [0.29, 0.717) is 19.4 Å². The van der Waals surface area contributed by atoms with Crippen LogP contribution in [0.4, 0.5) is 0 Å². The van der Waals surface area contributed by atoms with Crippen molar-refractivity contribution >= 4 is 12.2 Å². The van der Waals surface area contributed by atoms with E-state index in [9.17, 15) is 9.59 Å². The Kier molecular flexibility index (Phi) is 20.0. The van der Waals surface area contributed by atoms with Gasteiger partial charge >= 0.3 is 0 Å². The second-order valence-electron chi connectivity index (χ2n) is 6.99. The van der Waals surface area contributed by atoms with Crippen LogP contribution in [0, 0.1) is 0 Å². The van der Waals surface area contributed by atoms with Gasteiger partial charge in [0.2, 0.25) is 5.91 Å². The maximum absolute atomic E-state index is 11.5. The van der Waals surface area contributed by atoms with Crippen molar-refractivity contribution in [3.8, 4) is 0 Å². The molecule has 0 saturated carbocycles. The molecule has 0 aromatic rings. The average molecular weight is 352 g/mol. The monoisotopic (exact) mass is 351 g/mol. The number of carbonyl (C=O) groups excluding carboxylic acids is 2. The lowest BCUT2D eigenvalue weighted by molar-refractivity contribution is -0.121. The lowest BCUT2D eigenvalue weighted by atomic mass is 10.1. The lowest BCUT2D eigenvalue weighted by Gasteiger charge is -2.04. The molecule has 0 bridgehead atoms. The molecule has 0 rings (SSSR count). The van der Waals surface area contributed by atoms with E-state index in [-0.39, 0.29) is 5.91 Å². The summed E-state index contributed by atoms with van der Waals surface area (Å²) >= 11 is 0. The molecule has 146 valence electrons. The SMILES string of the molecule is CCCCCCCC/C=C\CCCCCCCC(=O)NCCCC=O. The standard InChI is InChI=1S/C22H41NO2/c1-2-3-4-5-6-7-8-9-10-11-12-13-14-15-16-19-22(25)23-20-17-18-21-24/h9-10,21H,2-8,11-20H2,1H3,(H,23,25)/b10-9-. The first kappa shape index (κ1) is 23.9. The Morgan fingerprint density at radius 2 is 1.28 bits per heavy atom. The number of rotatable bonds is 19. The molecule has 1 N–H and O–H groups in total. The van der Waals surface area contributed by atoms with Crippen LogP contribution in [0.15, 0.2) is 12.2 Å². The van der Waals surface area contributed by atoms with E-state index in [0.717, 1.165) is 25.5 Å². The first-order valence-corrected chi connectivity index (χ1v) is 10.7. The van der Waals surface area contributed by atoms with Crippen molar-refractivity contribution < 1.29 is 9.59 Å². The molecule has 0 atom stereocenters. The minimum Gasteiger partial charge on any atom is -0.356 e. The molecular formula is C22H41NO2. The highest BCUT2D eigenvalue weighted by Crippen LogP contribution is 2.09. The lowest BCUT2D eigenvalue weighted by Crippen LogP contribution is -2.24. The zero-order chi connectivity index (χ0) is 18.4. The summed E-state index contributed by atoms with van der Waals surface area (Å²) in [6, 6.07) is 0. The highest BCUT2D eigenvalue weighted by molar-refractivity contribution is 5.75. The predicted molar refractivity (Wildman–Crippen MR) is 108 cm³/mol. The van der Waals surface area contributed by atoms with Gasteiger partial charge in [-0.05, 0) is 38.5 Å². The van der Waals surface area contributed by atoms with Gasteiger partial charge in [0.1, 0.15) is 6.29 Å². The van der Waals surface area contributed by atoms with E-state index in [4.69, 9.17) is 0 Å². The van der Waals surface area contributed by atoms with Gasteiger partial charge in [0.25, 0.3) is 0 Å². The van der Waals surface area contributed by atoms with Crippen molar-refractivity contribution in [2.24, 2.45) is 0 Å². The van der Waals surface area contributed by atoms with E-state index in [1.54, 1.807) is 0 Å². The van der Waals surface area contributed by atoms with Crippen LogP contribution in [-0.4, -0.2) is 18.7 Å². The summed E-state index contributed by atoms with van der Waals surface area (Å²) in [6.45, 7) is 2.89. The normalized spacial score (nSPS) is 11.1. The Bertz CT molecular complexity index is 326. The van der Waals surface area contributed by atoms with Crippen LogP contribution in [-0.2, 0) is 9.59 Å². The van der Waals surface area contributed by atoms with Crippen molar-refractivity contribution in [2.45, 2.75) is 110 Å². The van der Waals surface area contributed by atoms with Crippen molar-refractivity contribution in [3.63, 3.8) is 0 Å². The van der Waals surface area contributed by atoms with E-state index in [1.165, 1.54) is 70.6 Å². The second-order valence-corrected chi connectivity index (χ2v) is 6.99. The molecule has 0 aromatic heterocycles. The predicted octanol–water partition coefficient (Wildman–Crippen LogP) is 6.12. The van der Waals surface area contributed by atoms with Gasteiger partial charge in [-0.25, -0.2) is 0 Å². The van der Waals surface area contributed by atoms with Gasteiger partial charge in [-0.1, -0.05) is 70.4 Å². The third-order valence-corrected chi connectivity index (χ3v) is 4.49. The topological polar surface area (TPSA) is 46.2 Å². The van der Waals surface area contributed by atoms with Crippen molar-refractivity contribution in [1.82, 2.24) is 5.32 Å². The van der Waals surface area contributed by atoms with Crippen LogP contribution >= 0.6 is 0 Å². The van der Waals surface area contributed by atoms with Crippen LogP contribution in [0.5, 0.6) is 0 Å². The number of hydrogen-bond acceptors (Lipinski definition) is 2. The number of unbranched alkanes of at least 4 members (excludes halogenated alkanes) is 12.